The van der Waals surface area contributed by atoms with E-state index in [4.69, 9.17) is 21.1 Å². The number of amides is 1. The van der Waals surface area contributed by atoms with Crippen molar-refractivity contribution in [2.75, 3.05) is 6.61 Å². The van der Waals surface area contributed by atoms with Crippen LogP contribution in [0.2, 0.25) is 5.02 Å². The van der Waals surface area contributed by atoms with Gasteiger partial charge >= 0.3 is 5.97 Å². The molecule has 148 valence electrons. The van der Waals surface area contributed by atoms with Gasteiger partial charge in [-0.15, -0.1) is 0 Å². The molecular weight excluding hydrogens is 382 g/mol. The lowest BCUT2D eigenvalue weighted by Gasteiger charge is -2.17. The Hall–Kier alpha value is -2.86. The van der Waals surface area contributed by atoms with Gasteiger partial charge in [-0.3, -0.25) is 9.59 Å². The van der Waals surface area contributed by atoms with Gasteiger partial charge in [0.05, 0.1) is 6.04 Å². The molecule has 0 radical (unpaired) electrons. The van der Waals surface area contributed by atoms with E-state index in [1.807, 2.05) is 30.3 Å². The number of halogens is 1. The summed E-state index contributed by atoms with van der Waals surface area (Å²) in [6.07, 6.45) is -0.534. The van der Waals surface area contributed by atoms with Crippen molar-refractivity contribution in [2.24, 2.45) is 0 Å². The molecule has 0 aliphatic heterocycles. The third kappa shape index (κ3) is 7.04. The SMILES string of the molecule is CC(=O)[C@@H](Cc1ccccc1)NC(=O)COC(=O)[C@@H](C)Oc1ccc(Cl)cc1. The molecule has 7 heteroatoms. The highest BCUT2D eigenvalue weighted by Crippen LogP contribution is 2.17. The van der Waals surface area contributed by atoms with E-state index in [0.29, 0.717) is 17.2 Å². The Morgan fingerprint density at radius 1 is 1.04 bits per heavy atom. The second-order valence-corrected chi connectivity index (χ2v) is 6.68. The summed E-state index contributed by atoms with van der Waals surface area (Å²) in [5.41, 5.74) is 0.921. The molecule has 0 spiro atoms. The Morgan fingerprint density at radius 3 is 2.29 bits per heavy atom. The van der Waals surface area contributed by atoms with Crippen LogP contribution in [0.3, 0.4) is 0 Å². The number of nitrogens with one attached hydrogen (secondary N) is 1. The number of benzene rings is 2. The lowest BCUT2D eigenvalue weighted by atomic mass is 10.0. The van der Waals surface area contributed by atoms with Crippen molar-refractivity contribution in [1.29, 1.82) is 0 Å². The molecule has 0 unspecified atom stereocenters. The van der Waals surface area contributed by atoms with Crippen LogP contribution in [0.15, 0.2) is 54.6 Å². The maximum Gasteiger partial charge on any atom is 0.347 e. The number of Topliss-reactive ketones (excluding diaryl/α,β-unsaturated/α-hetero) is 1. The standard InChI is InChI=1S/C21H22ClNO5/c1-14(24)19(12-16-6-4-3-5-7-16)23-20(25)13-27-21(26)15(2)28-18-10-8-17(22)9-11-18/h3-11,15,19H,12-13H2,1-2H3,(H,23,25)/t15-,19-/m1/s1. The Bertz CT molecular complexity index is 807. The number of hydrogen-bond acceptors (Lipinski definition) is 5. The number of carbonyl (C=O) groups is 3. The van der Waals surface area contributed by atoms with E-state index in [2.05, 4.69) is 5.32 Å². The Kier molecular flexibility index (Phi) is 8.02. The van der Waals surface area contributed by atoms with Crippen LogP contribution in [0.25, 0.3) is 0 Å². The second-order valence-electron chi connectivity index (χ2n) is 6.24. The quantitative estimate of drug-likeness (QED) is 0.651. The summed E-state index contributed by atoms with van der Waals surface area (Å²) in [5, 5.41) is 3.14. The van der Waals surface area contributed by atoms with Crippen LogP contribution in [0.5, 0.6) is 5.75 Å². The topological polar surface area (TPSA) is 81.7 Å². The molecule has 0 saturated heterocycles. The molecule has 0 heterocycles. The van der Waals surface area contributed by atoms with E-state index in [-0.39, 0.29) is 5.78 Å². The van der Waals surface area contributed by atoms with Crippen molar-refractivity contribution in [3.05, 3.63) is 65.2 Å². The zero-order valence-corrected chi connectivity index (χ0v) is 16.4. The van der Waals surface area contributed by atoms with E-state index < -0.39 is 30.6 Å². The minimum Gasteiger partial charge on any atom is -0.479 e. The molecule has 2 aromatic carbocycles. The monoisotopic (exact) mass is 403 g/mol. The minimum absolute atomic E-state index is 0.178. The van der Waals surface area contributed by atoms with Crippen molar-refractivity contribution >= 4 is 29.3 Å². The Labute approximate surface area is 168 Å². The van der Waals surface area contributed by atoms with Crippen LogP contribution in [-0.2, 0) is 25.5 Å². The Morgan fingerprint density at radius 2 is 1.68 bits per heavy atom. The summed E-state index contributed by atoms with van der Waals surface area (Å²) >= 11 is 5.79. The zero-order valence-electron chi connectivity index (χ0n) is 15.7. The molecular formula is C21H22ClNO5. The summed E-state index contributed by atoms with van der Waals surface area (Å²) in [7, 11) is 0. The first-order chi connectivity index (χ1) is 13.3. The van der Waals surface area contributed by atoms with Crippen LogP contribution >= 0.6 is 11.6 Å². The molecule has 2 rings (SSSR count). The van der Waals surface area contributed by atoms with Gasteiger partial charge in [-0.2, -0.15) is 0 Å². The largest absolute Gasteiger partial charge is 0.479 e. The molecule has 2 atom stereocenters. The van der Waals surface area contributed by atoms with Crippen LogP contribution in [0.1, 0.15) is 19.4 Å². The van der Waals surface area contributed by atoms with Crippen LogP contribution in [0.4, 0.5) is 0 Å². The van der Waals surface area contributed by atoms with Gasteiger partial charge in [-0.25, -0.2) is 4.79 Å². The fourth-order valence-corrected chi connectivity index (χ4v) is 2.53. The van der Waals surface area contributed by atoms with Crippen molar-refractivity contribution in [3.63, 3.8) is 0 Å². The number of rotatable bonds is 9. The van der Waals surface area contributed by atoms with E-state index in [9.17, 15) is 14.4 Å². The molecule has 0 aliphatic carbocycles. The van der Waals surface area contributed by atoms with Gasteiger partial charge in [-0.05, 0) is 50.1 Å². The third-order valence-corrected chi connectivity index (χ3v) is 4.16. The molecule has 0 saturated carbocycles. The predicted molar refractivity (Wildman–Crippen MR) is 105 cm³/mol. The maximum absolute atomic E-state index is 12.1. The molecule has 6 nitrogen and oxygen atoms in total. The normalized spacial score (nSPS) is 12.5. The molecule has 0 fully saturated rings. The van der Waals surface area contributed by atoms with Gasteiger partial charge in [0, 0.05) is 5.02 Å². The summed E-state index contributed by atoms with van der Waals surface area (Å²) in [5.74, 6) is -0.962. The average Bonchev–Trinajstić information content (AvgIpc) is 2.68. The molecule has 0 bridgehead atoms. The van der Waals surface area contributed by atoms with Gasteiger partial charge in [-0.1, -0.05) is 41.9 Å². The first-order valence-corrected chi connectivity index (χ1v) is 9.15. The van der Waals surface area contributed by atoms with Gasteiger partial charge in [0.1, 0.15) is 5.75 Å². The average molecular weight is 404 g/mol. The van der Waals surface area contributed by atoms with Crippen molar-refractivity contribution in [2.45, 2.75) is 32.4 Å². The highest BCUT2D eigenvalue weighted by atomic mass is 35.5. The smallest absolute Gasteiger partial charge is 0.347 e. The van der Waals surface area contributed by atoms with E-state index >= 15 is 0 Å². The lowest BCUT2D eigenvalue weighted by molar-refractivity contribution is -0.155. The lowest BCUT2D eigenvalue weighted by Crippen LogP contribution is -2.43. The molecule has 1 N–H and O–H groups in total. The maximum atomic E-state index is 12.1. The van der Waals surface area contributed by atoms with Gasteiger partial charge in [0.25, 0.3) is 5.91 Å². The number of ketones is 1. The van der Waals surface area contributed by atoms with Crippen molar-refractivity contribution in [1.82, 2.24) is 5.32 Å². The summed E-state index contributed by atoms with van der Waals surface area (Å²) < 4.78 is 10.4. The molecule has 2 aromatic rings. The summed E-state index contributed by atoms with van der Waals surface area (Å²) in [4.78, 5) is 35.9. The highest BCUT2D eigenvalue weighted by Gasteiger charge is 2.21. The number of ether oxygens (including phenoxy) is 2. The van der Waals surface area contributed by atoms with Gasteiger partial charge < -0.3 is 14.8 Å². The molecule has 1 amide bonds. The van der Waals surface area contributed by atoms with Gasteiger partial charge in [0.15, 0.2) is 18.5 Å². The molecule has 28 heavy (non-hydrogen) atoms. The van der Waals surface area contributed by atoms with Crippen LogP contribution < -0.4 is 10.1 Å². The van der Waals surface area contributed by atoms with E-state index in [0.717, 1.165) is 5.56 Å². The number of hydrogen-bond donors (Lipinski definition) is 1. The first-order valence-electron chi connectivity index (χ1n) is 8.77. The summed E-state index contributed by atoms with van der Waals surface area (Å²) in [6, 6.07) is 15.2. The number of esters is 1. The van der Waals surface area contributed by atoms with E-state index in [1.165, 1.54) is 13.8 Å². The second kappa shape index (κ2) is 10.5. The zero-order chi connectivity index (χ0) is 20.5. The Balaban J connectivity index is 1.81. The highest BCUT2D eigenvalue weighted by molar-refractivity contribution is 6.30. The van der Waals surface area contributed by atoms with Crippen LogP contribution in [0, 0.1) is 0 Å². The fraction of sp³-hybridized carbons (Fsp3) is 0.286. The fourth-order valence-electron chi connectivity index (χ4n) is 2.40. The predicted octanol–water partition coefficient (Wildman–Crippen LogP) is 2.97. The molecule has 0 aliphatic rings. The van der Waals surface area contributed by atoms with Crippen LogP contribution in [-0.4, -0.2) is 36.4 Å². The van der Waals surface area contributed by atoms with Gasteiger partial charge in [0.2, 0.25) is 0 Å². The molecule has 0 aromatic heterocycles. The first kappa shape index (κ1) is 21.4. The van der Waals surface area contributed by atoms with E-state index in [1.54, 1.807) is 24.3 Å². The number of carbonyl (C=O) groups excluding carboxylic acids is 3. The summed E-state index contributed by atoms with van der Waals surface area (Å²) in [6.45, 7) is 2.43. The third-order valence-electron chi connectivity index (χ3n) is 3.91. The van der Waals surface area contributed by atoms with Crippen molar-refractivity contribution in [3.8, 4) is 5.75 Å². The van der Waals surface area contributed by atoms with Crippen molar-refractivity contribution < 1.29 is 23.9 Å². The minimum atomic E-state index is -0.901.